The second-order valence-corrected chi connectivity index (χ2v) is 5.44. The molecule has 120 valence electrons. The van der Waals surface area contributed by atoms with Crippen molar-refractivity contribution in [2.24, 2.45) is 0 Å². The third-order valence-corrected chi connectivity index (χ3v) is 3.88. The minimum absolute atomic E-state index is 0.306. The van der Waals surface area contributed by atoms with Crippen LogP contribution >= 0.6 is 0 Å². The van der Waals surface area contributed by atoms with Gasteiger partial charge >= 0.3 is 0 Å². The average molecular weight is 330 g/mol. The molecule has 0 amide bonds. The molecule has 0 bridgehead atoms. The predicted molar refractivity (Wildman–Crippen MR) is 88.9 cm³/mol. The van der Waals surface area contributed by atoms with Gasteiger partial charge in [-0.3, -0.25) is 4.98 Å². The van der Waals surface area contributed by atoms with Crippen molar-refractivity contribution in [2.45, 2.75) is 6.92 Å². The Kier molecular flexibility index (Phi) is 3.43. The van der Waals surface area contributed by atoms with Crippen LogP contribution in [0.1, 0.15) is 11.3 Å². The Bertz CT molecular complexity index is 1140. The van der Waals surface area contributed by atoms with Crippen molar-refractivity contribution in [3.63, 3.8) is 0 Å². The Morgan fingerprint density at radius 3 is 2.84 bits per heavy atom. The normalized spacial score (nSPS) is 10.8. The maximum atomic E-state index is 13.5. The van der Waals surface area contributed by atoms with E-state index in [1.807, 2.05) is 6.07 Å². The van der Waals surface area contributed by atoms with E-state index in [2.05, 4.69) is 26.1 Å². The first kappa shape index (κ1) is 14.9. The van der Waals surface area contributed by atoms with Gasteiger partial charge in [-0.15, -0.1) is 0 Å². The van der Waals surface area contributed by atoms with E-state index in [0.717, 1.165) is 5.56 Å². The number of rotatable bonds is 2. The molecule has 4 rings (SSSR count). The highest BCUT2D eigenvalue weighted by atomic mass is 19.1. The lowest BCUT2D eigenvalue weighted by atomic mass is 10.1. The van der Waals surface area contributed by atoms with Gasteiger partial charge in [0, 0.05) is 11.8 Å². The molecule has 0 spiro atoms. The van der Waals surface area contributed by atoms with Crippen LogP contribution in [0.3, 0.4) is 0 Å². The average Bonchev–Trinajstić information content (AvgIpc) is 3.06. The van der Waals surface area contributed by atoms with Crippen LogP contribution in [0.2, 0.25) is 0 Å². The summed E-state index contributed by atoms with van der Waals surface area (Å²) in [5.41, 5.74) is 3.96. The summed E-state index contributed by atoms with van der Waals surface area (Å²) in [5.74, 6) is -0.362. The summed E-state index contributed by atoms with van der Waals surface area (Å²) in [6, 6.07) is 10.5. The molecule has 4 aromatic heterocycles. The van der Waals surface area contributed by atoms with Gasteiger partial charge in [-0.05, 0) is 37.3 Å². The van der Waals surface area contributed by atoms with Crippen molar-refractivity contribution in [2.75, 3.05) is 0 Å². The number of halogens is 1. The quantitative estimate of drug-likeness (QED) is 0.564. The zero-order chi connectivity index (χ0) is 17.4. The van der Waals surface area contributed by atoms with Gasteiger partial charge in [0.25, 0.3) is 0 Å². The molecule has 4 aromatic rings. The lowest BCUT2D eigenvalue weighted by Crippen LogP contribution is -1.97. The first-order valence-electron chi connectivity index (χ1n) is 7.50. The van der Waals surface area contributed by atoms with Gasteiger partial charge in [0.15, 0.2) is 0 Å². The molecule has 25 heavy (non-hydrogen) atoms. The highest BCUT2D eigenvalue weighted by Crippen LogP contribution is 2.29. The molecule has 0 aromatic carbocycles. The summed E-state index contributed by atoms with van der Waals surface area (Å²) in [7, 11) is 0. The summed E-state index contributed by atoms with van der Waals surface area (Å²) in [4.78, 5) is 13.1. The van der Waals surface area contributed by atoms with E-state index in [-0.39, 0.29) is 5.82 Å². The molecule has 0 aliphatic heterocycles. The lowest BCUT2D eigenvalue weighted by Gasteiger charge is -2.09. The van der Waals surface area contributed by atoms with Crippen LogP contribution in [0.25, 0.3) is 28.2 Å². The number of hydrogen-bond acceptors (Lipinski definition) is 5. The van der Waals surface area contributed by atoms with Crippen LogP contribution in [0.5, 0.6) is 0 Å². The molecule has 0 N–H and O–H groups in total. The minimum atomic E-state index is -0.362. The molecule has 0 aliphatic carbocycles. The Hall–Kier alpha value is -3.66. The highest BCUT2D eigenvalue weighted by molar-refractivity contribution is 5.79. The van der Waals surface area contributed by atoms with Crippen LogP contribution in [-0.2, 0) is 0 Å². The lowest BCUT2D eigenvalue weighted by molar-refractivity contribution is 0.610. The van der Waals surface area contributed by atoms with Crippen molar-refractivity contribution in [3.05, 3.63) is 66.1 Å². The summed E-state index contributed by atoms with van der Waals surface area (Å²) < 4.78 is 15.1. The molecule has 0 atom stereocenters. The smallest absolute Gasteiger partial charge is 0.144 e. The second-order valence-electron chi connectivity index (χ2n) is 5.44. The largest absolute Gasteiger partial charge is 0.254 e. The van der Waals surface area contributed by atoms with Crippen LogP contribution in [0, 0.1) is 24.1 Å². The molecular formula is C18H11FN6. The molecule has 0 unspecified atom stereocenters. The van der Waals surface area contributed by atoms with Crippen LogP contribution in [0.15, 0.2) is 49.1 Å². The molecular weight excluding hydrogens is 319 g/mol. The molecule has 0 saturated heterocycles. The Morgan fingerprint density at radius 2 is 2.04 bits per heavy atom. The summed E-state index contributed by atoms with van der Waals surface area (Å²) in [6.45, 7) is 1.61. The predicted octanol–water partition coefficient (Wildman–Crippen LogP) is 3.17. The monoisotopic (exact) mass is 330 g/mol. The minimum Gasteiger partial charge on any atom is -0.254 e. The van der Waals surface area contributed by atoms with E-state index >= 15 is 0 Å². The van der Waals surface area contributed by atoms with Crippen molar-refractivity contribution in [1.82, 2.24) is 24.6 Å². The summed E-state index contributed by atoms with van der Waals surface area (Å²) in [6.07, 6.45) is 4.69. The van der Waals surface area contributed by atoms with Crippen LogP contribution < -0.4 is 0 Å². The van der Waals surface area contributed by atoms with Crippen molar-refractivity contribution < 1.29 is 4.39 Å². The Morgan fingerprint density at radius 1 is 1.16 bits per heavy atom. The number of fused-ring (bicyclic) bond motifs is 1. The number of hydrogen-bond donors (Lipinski definition) is 0. The highest BCUT2D eigenvalue weighted by Gasteiger charge is 2.14. The van der Waals surface area contributed by atoms with Gasteiger partial charge in [-0.25, -0.2) is 18.9 Å². The maximum absolute atomic E-state index is 13.5. The number of nitrogens with zero attached hydrogens (tertiary/aromatic N) is 6. The topological polar surface area (TPSA) is 79.8 Å². The number of aromatic nitrogens is 5. The molecule has 7 heteroatoms. The van der Waals surface area contributed by atoms with E-state index < -0.39 is 0 Å². The molecule has 0 saturated carbocycles. The fourth-order valence-corrected chi connectivity index (χ4v) is 2.62. The van der Waals surface area contributed by atoms with E-state index in [9.17, 15) is 9.65 Å². The van der Waals surface area contributed by atoms with Crippen LogP contribution in [0.4, 0.5) is 4.39 Å². The molecule has 0 radical (unpaired) electrons. The zero-order valence-corrected chi connectivity index (χ0v) is 13.2. The molecule has 6 nitrogen and oxygen atoms in total. The summed E-state index contributed by atoms with van der Waals surface area (Å²) >= 11 is 0. The van der Waals surface area contributed by atoms with Gasteiger partial charge in [0.05, 0.1) is 40.1 Å². The number of nitriles is 1. The SMILES string of the molecule is Cc1nc(-c2ncccc2-c2cc3c(C#N)cnn3cn2)ccc1F. The molecule has 0 aliphatic rings. The van der Waals surface area contributed by atoms with Crippen molar-refractivity contribution in [1.29, 1.82) is 5.26 Å². The van der Waals surface area contributed by atoms with Crippen molar-refractivity contribution in [3.8, 4) is 28.7 Å². The van der Waals surface area contributed by atoms with Crippen molar-refractivity contribution >= 4 is 5.52 Å². The molecule has 0 fully saturated rings. The maximum Gasteiger partial charge on any atom is 0.144 e. The molecule has 4 heterocycles. The van der Waals surface area contributed by atoms with Gasteiger partial charge in [0.2, 0.25) is 0 Å². The van der Waals surface area contributed by atoms with E-state index in [1.165, 1.54) is 12.3 Å². The standard InChI is InChI=1S/C18H11FN6/c1-11-14(19)4-5-15(24-11)18-13(3-2-6-21-18)16-7-17-12(8-20)9-23-25(17)10-22-16/h2-7,9-10H,1H3. The summed E-state index contributed by atoms with van der Waals surface area (Å²) in [5, 5.41) is 13.3. The fourth-order valence-electron chi connectivity index (χ4n) is 2.62. The van der Waals surface area contributed by atoms with Gasteiger partial charge in [-0.1, -0.05) is 0 Å². The van der Waals surface area contributed by atoms with Gasteiger partial charge in [-0.2, -0.15) is 10.4 Å². The third kappa shape index (κ3) is 2.50. The fraction of sp³-hybridized carbons (Fsp3) is 0.0556. The van der Waals surface area contributed by atoms with Gasteiger partial charge < -0.3 is 0 Å². The second kappa shape index (κ2) is 5.76. The van der Waals surface area contributed by atoms with E-state index in [1.54, 1.807) is 42.2 Å². The number of pyridine rings is 2. The first-order chi connectivity index (χ1) is 12.2. The Balaban J connectivity index is 1.92. The zero-order valence-electron chi connectivity index (χ0n) is 13.2. The first-order valence-corrected chi connectivity index (χ1v) is 7.50. The van der Waals surface area contributed by atoms with E-state index in [0.29, 0.717) is 33.9 Å². The van der Waals surface area contributed by atoms with Crippen LogP contribution in [-0.4, -0.2) is 24.6 Å². The number of aryl methyl sites for hydroxylation is 1. The third-order valence-electron chi connectivity index (χ3n) is 3.88. The van der Waals surface area contributed by atoms with Gasteiger partial charge in [0.1, 0.15) is 18.2 Å². The Labute approximate surface area is 142 Å². The van der Waals surface area contributed by atoms with E-state index in [4.69, 9.17) is 0 Å².